The zero-order chi connectivity index (χ0) is 12.7. The van der Waals surface area contributed by atoms with Gasteiger partial charge in [0.25, 0.3) is 5.91 Å². The molecule has 4 heteroatoms. The van der Waals surface area contributed by atoms with E-state index in [-0.39, 0.29) is 11.9 Å². The van der Waals surface area contributed by atoms with Gasteiger partial charge >= 0.3 is 0 Å². The Balaban J connectivity index is 2.57. The molecule has 1 atom stereocenters. The van der Waals surface area contributed by atoms with E-state index in [1.807, 2.05) is 13.8 Å². The summed E-state index contributed by atoms with van der Waals surface area (Å²) in [5.41, 5.74) is 6.07. The summed E-state index contributed by atoms with van der Waals surface area (Å²) in [5.74, 6) is 0.702. The number of rotatable bonds is 6. The highest BCUT2D eigenvalue weighted by molar-refractivity contribution is 5.94. The van der Waals surface area contributed by atoms with E-state index in [0.29, 0.717) is 18.7 Å². The Kier molecular flexibility index (Phi) is 5.49. The summed E-state index contributed by atoms with van der Waals surface area (Å²) >= 11 is 0. The summed E-state index contributed by atoms with van der Waals surface area (Å²) in [6.07, 6.45) is 0.781. The number of carbonyl (C=O) groups excluding carboxylic acids is 1. The van der Waals surface area contributed by atoms with Crippen LogP contribution in [0, 0.1) is 0 Å². The topological polar surface area (TPSA) is 64.3 Å². The third-order valence-corrected chi connectivity index (χ3v) is 2.40. The quantitative estimate of drug-likeness (QED) is 0.787. The van der Waals surface area contributed by atoms with Gasteiger partial charge in [-0.2, -0.15) is 0 Å². The fourth-order valence-corrected chi connectivity index (χ4v) is 1.50. The summed E-state index contributed by atoms with van der Waals surface area (Å²) in [7, 11) is 0. The van der Waals surface area contributed by atoms with Crippen LogP contribution in [0.25, 0.3) is 0 Å². The Morgan fingerprint density at radius 2 is 2.06 bits per heavy atom. The Morgan fingerprint density at radius 1 is 1.41 bits per heavy atom. The second-order valence-electron chi connectivity index (χ2n) is 3.91. The summed E-state index contributed by atoms with van der Waals surface area (Å²) in [5, 5.41) is 2.89. The van der Waals surface area contributed by atoms with Gasteiger partial charge in [-0.1, -0.05) is 0 Å². The summed E-state index contributed by atoms with van der Waals surface area (Å²) in [4.78, 5) is 11.8. The van der Waals surface area contributed by atoms with Crippen molar-refractivity contribution >= 4 is 5.91 Å². The smallest absolute Gasteiger partial charge is 0.251 e. The van der Waals surface area contributed by atoms with Gasteiger partial charge in [0, 0.05) is 11.6 Å². The van der Waals surface area contributed by atoms with Gasteiger partial charge < -0.3 is 15.8 Å². The number of nitrogens with two attached hydrogens (primary N) is 1. The van der Waals surface area contributed by atoms with E-state index in [1.165, 1.54) is 0 Å². The first kappa shape index (κ1) is 13.5. The van der Waals surface area contributed by atoms with Crippen molar-refractivity contribution in [1.29, 1.82) is 0 Å². The normalized spacial score (nSPS) is 11.9. The van der Waals surface area contributed by atoms with Gasteiger partial charge in [-0.15, -0.1) is 0 Å². The number of hydrogen-bond acceptors (Lipinski definition) is 3. The second-order valence-corrected chi connectivity index (χ2v) is 3.91. The molecule has 0 heterocycles. The Bertz CT molecular complexity index is 349. The number of benzene rings is 1. The largest absolute Gasteiger partial charge is 0.494 e. The van der Waals surface area contributed by atoms with Crippen LogP contribution in [0.1, 0.15) is 30.6 Å². The molecule has 0 aromatic heterocycles. The maximum Gasteiger partial charge on any atom is 0.251 e. The number of amides is 1. The fraction of sp³-hybridized carbons (Fsp3) is 0.462. The Morgan fingerprint density at radius 3 is 2.59 bits per heavy atom. The molecule has 1 unspecified atom stereocenters. The van der Waals surface area contributed by atoms with Crippen LogP contribution < -0.4 is 15.8 Å². The average molecular weight is 236 g/mol. The maximum absolute atomic E-state index is 11.8. The zero-order valence-electron chi connectivity index (χ0n) is 10.4. The molecule has 0 aliphatic carbocycles. The number of hydrogen-bond donors (Lipinski definition) is 2. The highest BCUT2D eigenvalue weighted by atomic mass is 16.5. The molecule has 0 radical (unpaired) electrons. The van der Waals surface area contributed by atoms with Crippen LogP contribution in [0.3, 0.4) is 0 Å². The number of carbonyl (C=O) groups is 1. The van der Waals surface area contributed by atoms with Crippen LogP contribution in [0.4, 0.5) is 0 Å². The molecule has 1 aromatic rings. The number of ether oxygens (including phenoxy) is 1. The minimum atomic E-state index is -0.0750. The molecule has 1 rings (SSSR count). The SMILES string of the molecule is CCOc1ccc(C(=O)NC(C)CCN)cc1. The lowest BCUT2D eigenvalue weighted by molar-refractivity contribution is 0.0939. The molecule has 0 bridgehead atoms. The van der Waals surface area contributed by atoms with Crippen molar-refractivity contribution in [1.82, 2.24) is 5.32 Å². The molecule has 1 aromatic carbocycles. The van der Waals surface area contributed by atoms with Crippen LogP contribution in [0.5, 0.6) is 5.75 Å². The van der Waals surface area contributed by atoms with Crippen LogP contribution in [-0.4, -0.2) is 25.1 Å². The molecule has 0 spiro atoms. The average Bonchev–Trinajstić information content (AvgIpc) is 2.30. The third kappa shape index (κ3) is 4.44. The van der Waals surface area contributed by atoms with E-state index >= 15 is 0 Å². The molecular weight excluding hydrogens is 216 g/mol. The molecule has 0 saturated carbocycles. The summed E-state index contributed by atoms with van der Waals surface area (Å²) in [6, 6.07) is 7.21. The molecule has 4 nitrogen and oxygen atoms in total. The molecule has 17 heavy (non-hydrogen) atoms. The Hall–Kier alpha value is -1.55. The molecule has 3 N–H and O–H groups in total. The third-order valence-electron chi connectivity index (χ3n) is 2.40. The van der Waals surface area contributed by atoms with Gasteiger partial charge in [0.1, 0.15) is 5.75 Å². The van der Waals surface area contributed by atoms with E-state index in [1.54, 1.807) is 24.3 Å². The van der Waals surface area contributed by atoms with Crippen LogP contribution in [0.15, 0.2) is 24.3 Å². The summed E-state index contributed by atoms with van der Waals surface area (Å²) in [6.45, 7) is 5.07. The van der Waals surface area contributed by atoms with Crippen molar-refractivity contribution < 1.29 is 9.53 Å². The van der Waals surface area contributed by atoms with Crippen molar-refractivity contribution in [2.24, 2.45) is 5.73 Å². The Labute approximate surface area is 102 Å². The van der Waals surface area contributed by atoms with E-state index in [4.69, 9.17) is 10.5 Å². The minimum absolute atomic E-state index is 0.0750. The highest BCUT2D eigenvalue weighted by Crippen LogP contribution is 2.12. The maximum atomic E-state index is 11.8. The molecule has 0 saturated heterocycles. The van der Waals surface area contributed by atoms with Crippen molar-refractivity contribution in [2.45, 2.75) is 26.3 Å². The second kappa shape index (κ2) is 6.91. The summed E-state index contributed by atoms with van der Waals surface area (Å²) < 4.78 is 5.31. The van der Waals surface area contributed by atoms with Gasteiger partial charge in [-0.05, 0) is 51.1 Å². The first-order chi connectivity index (χ1) is 8.17. The van der Waals surface area contributed by atoms with Crippen molar-refractivity contribution in [2.75, 3.05) is 13.2 Å². The standard InChI is InChI=1S/C13H20N2O2/c1-3-17-12-6-4-11(5-7-12)13(16)15-10(2)8-9-14/h4-7,10H,3,8-9,14H2,1-2H3,(H,15,16). The van der Waals surface area contributed by atoms with Gasteiger partial charge in [-0.25, -0.2) is 0 Å². The van der Waals surface area contributed by atoms with Crippen LogP contribution in [0.2, 0.25) is 0 Å². The van der Waals surface area contributed by atoms with Crippen LogP contribution in [-0.2, 0) is 0 Å². The monoisotopic (exact) mass is 236 g/mol. The predicted molar refractivity (Wildman–Crippen MR) is 68.2 cm³/mol. The van der Waals surface area contributed by atoms with Gasteiger partial charge in [0.2, 0.25) is 0 Å². The fourth-order valence-electron chi connectivity index (χ4n) is 1.50. The minimum Gasteiger partial charge on any atom is -0.494 e. The molecule has 0 aliphatic rings. The van der Waals surface area contributed by atoms with E-state index in [2.05, 4.69) is 5.32 Å². The first-order valence-corrected chi connectivity index (χ1v) is 5.91. The van der Waals surface area contributed by atoms with Gasteiger partial charge in [-0.3, -0.25) is 4.79 Å². The molecular formula is C13H20N2O2. The van der Waals surface area contributed by atoms with Crippen molar-refractivity contribution in [3.63, 3.8) is 0 Å². The van der Waals surface area contributed by atoms with Gasteiger partial charge in [0.15, 0.2) is 0 Å². The number of nitrogens with one attached hydrogen (secondary N) is 1. The first-order valence-electron chi connectivity index (χ1n) is 5.91. The molecule has 0 aliphatic heterocycles. The molecule has 94 valence electrons. The van der Waals surface area contributed by atoms with Gasteiger partial charge in [0.05, 0.1) is 6.61 Å². The lowest BCUT2D eigenvalue weighted by Gasteiger charge is -2.12. The van der Waals surface area contributed by atoms with E-state index < -0.39 is 0 Å². The lowest BCUT2D eigenvalue weighted by atomic mass is 10.1. The molecule has 1 amide bonds. The van der Waals surface area contributed by atoms with Crippen LogP contribution >= 0.6 is 0 Å². The van der Waals surface area contributed by atoms with E-state index in [9.17, 15) is 4.79 Å². The lowest BCUT2D eigenvalue weighted by Crippen LogP contribution is -2.33. The zero-order valence-corrected chi connectivity index (χ0v) is 10.4. The molecule has 0 fully saturated rings. The van der Waals surface area contributed by atoms with Crippen molar-refractivity contribution in [3.8, 4) is 5.75 Å². The van der Waals surface area contributed by atoms with Crippen molar-refractivity contribution in [3.05, 3.63) is 29.8 Å². The van der Waals surface area contributed by atoms with E-state index in [0.717, 1.165) is 12.2 Å². The predicted octanol–water partition coefficient (Wildman–Crippen LogP) is 1.55. The highest BCUT2D eigenvalue weighted by Gasteiger charge is 2.08.